The Morgan fingerprint density at radius 2 is 1.85 bits per heavy atom. The quantitative estimate of drug-likeness (QED) is 0.818. The second-order valence-electron chi connectivity index (χ2n) is 6.22. The number of benzene rings is 2. The molecule has 2 aromatic carbocycles. The summed E-state index contributed by atoms with van der Waals surface area (Å²) in [6.07, 6.45) is 0. The van der Waals surface area contributed by atoms with Crippen molar-refractivity contribution in [1.29, 1.82) is 0 Å². The highest BCUT2D eigenvalue weighted by Gasteiger charge is 2.14. The minimum Gasteiger partial charge on any atom is -0.493 e. The first-order valence-electron chi connectivity index (χ1n) is 8.72. The Kier molecular flexibility index (Phi) is 6.55. The molecule has 0 bridgehead atoms. The van der Waals surface area contributed by atoms with Gasteiger partial charge in [-0.05, 0) is 35.9 Å². The van der Waals surface area contributed by atoms with E-state index in [-0.39, 0.29) is 5.91 Å². The number of hydrogen-bond donors (Lipinski definition) is 1. The minimum absolute atomic E-state index is 0.243. The standard InChI is InChI=1S/C20H23ClN2O4/c1-25-18-6-4-14(11-19(18)26-2)20(24)22-16-5-3-15(17(21)12-16)13-23-7-9-27-10-8-23/h3-6,11-12H,7-10,13H2,1-2H3,(H,22,24). The predicted octanol–water partition coefficient (Wildman–Crippen LogP) is 3.44. The average molecular weight is 391 g/mol. The van der Waals surface area contributed by atoms with Gasteiger partial charge in [0.1, 0.15) is 0 Å². The second-order valence-corrected chi connectivity index (χ2v) is 6.63. The summed E-state index contributed by atoms with van der Waals surface area (Å²) in [7, 11) is 3.09. The fourth-order valence-electron chi connectivity index (χ4n) is 2.93. The van der Waals surface area contributed by atoms with Crippen molar-refractivity contribution in [2.45, 2.75) is 6.54 Å². The van der Waals surface area contributed by atoms with E-state index in [0.717, 1.165) is 38.4 Å². The first-order valence-corrected chi connectivity index (χ1v) is 9.10. The van der Waals surface area contributed by atoms with Crippen LogP contribution < -0.4 is 14.8 Å². The highest BCUT2D eigenvalue weighted by molar-refractivity contribution is 6.31. The van der Waals surface area contributed by atoms with E-state index in [1.54, 1.807) is 31.4 Å². The number of nitrogens with zero attached hydrogens (tertiary/aromatic N) is 1. The summed E-state index contributed by atoms with van der Waals surface area (Å²) in [4.78, 5) is 14.8. The molecule has 1 fully saturated rings. The van der Waals surface area contributed by atoms with Gasteiger partial charge in [-0.25, -0.2) is 0 Å². The van der Waals surface area contributed by atoms with Gasteiger partial charge in [0, 0.05) is 35.9 Å². The molecule has 7 heteroatoms. The third-order valence-electron chi connectivity index (χ3n) is 4.45. The zero-order valence-corrected chi connectivity index (χ0v) is 16.2. The van der Waals surface area contributed by atoms with E-state index in [1.807, 2.05) is 12.1 Å². The number of amides is 1. The molecule has 1 aliphatic heterocycles. The van der Waals surface area contributed by atoms with Gasteiger partial charge in [0.05, 0.1) is 27.4 Å². The number of morpholine rings is 1. The smallest absolute Gasteiger partial charge is 0.255 e. The molecule has 3 rings (SSSR count). The number of carbonyl (C=O) groups is 1. The predicted molar refractivity (Wildman–Crippen MR) is 105 cm³/mol. The maximum Gasteiger partial charge on any atom is 0.255 e. The van der Waals surface area contributed by atoms with Crippen LogP contribution in [0.4, 0.5) is 5.69 Å². The second kappa shape index (κ2) is 9.08. The maximum absolute atomic E-state index is 12.5. The zero-order valence-electron chi connectivity index (χ0n) is 15.5. The Bertz CT molecular complexity index is 807. The topological polar surface area (TPSA) is 60.0 Å². The number of ether oxygens (including phenoxy) is 3. The summed E-state index contributed by atoms with van der Waals surface area (Å²) in [6, 6.07) is 10.6. The van der Waals surface area contributed by atoms with Crippen LogP contribution >= 0.6 is 11.6 Å². The molecule has 144 valence electrons. The lowest BCUT2D eigenvalue weighted by molar-refractivity contribution is 0.0342. The molecule has 27 heavy (non-hydrogen) atoms. The van der Waals surface area contributed by atoms with Crippen molar-refractivity contribution in [2.75, 3.05) is 45.8 Å². The molecule has 1 saturated heterocycles. The molecule has 0 unspecified atom stereocenters. The molecule has 0 spiro atoms. The Balaban J connectivity index is 1.68. The molecule has 0 saturated carbocycles. The van der Waals surface area contributed by atoms with Gasteiger partial charge in [-0.15, -0.1) is 0 Å². The lowest BCUT2D eigenvalue weighted by atomic mass is 10.1. The Labute approximate surface area is 164 Å². The first-order chi connectivity index (χ1) is 13.1. The van der Waals surface area contributed by atoms with Crippen LogP contribution in [0.15, 0.2) is 36.4 Å². The first kappa shape index (κ1) is 19.5. The molecule has 1 N–H and O–H groups in total. The van der Waals surface area contributed by atoms with Gasteiger partial charge in [0.2, 0.25) is 0 Å². The summed E-state index contributed by atoms with van der Waals surface area (Å²) in [5, 5.41) is 3.50. The van der Waals surface area contributed by atoms with E-state index in [9.17, 15) is 4.79 Å². The van der Waals surface area contributed by atoms with Gasteiger partial charge in [-0.1, -0.05) is 17.7 Å². The van der Waals surface area contributed by atoms with Crippen molar-refractivity contribution in [3.63, 3.8) is 0 Å². The van der Waals surface area contributed by atoms with E-state index in [2.05, 4.69) is 10.2 Å². The number of hydrogen-bond acceptors (Lipinski definition) is 5. The van der Waals surface area contributed by atoms with E-state index >= 15 is 0 Å². The molecule has 0 atom stereocenters. The monoisotopic (exact) mass is 390 g/mol. The van der Waals surface area contributed by atoms with Crippen LogP contribution in [0.5, 0.6) is 11.5 Å². The van der Waals surface area contributed by atoms with Gasteiger partial charge in [-0.2, -0.15) is 0 Å². The van der Waals surface area contributed by atoms with Crippen LogP contribution in [0.3, 0.4) is 0 Å². The van der Waals surface area contributed by atoms with Crippen LogP contribution in [0.25, 0.3) is 0 Å². The molecule has 0 aliphatic carbocycles. The Morgan fingerprint density at radius 1 is 1.11 bits per heavy atom. The average Bonchev–Trinajstić information content (AvgIpc) is 2.70. The Hall–Kier alpha value is -2.28. The van der Waals surface area contributed by atoms with Crippen molar-refractivity contribution in [3.05, 3.63) is 52.5 Å². The van der Waals surface area contributed by atoms with Crippen LogP contribution in [0.1, 0.15) is 15.9 Å². The maximum atomic E-state index is 12.5. The van der Waals surface area contributed by atoms with Crippen molar-refractivity contribution < 1.29 is 19.0 Å². The normalized spacial score (nSPS) is 14.6. The molecule has 0 aromatic heterocycles. The Morgan fingerprint density at radius 3 is 2.52 bits per heavy atom. The number of anilines is 1. The fourth-order valence-corrected chi connectivity index (χ4v) is 3.17. The molecular formula is C20H23ClN2O4. The van der Waals surface area contributed by atoms with E-state index in [4.69, 9.17) is 25.8 Å². The zero-order chi connectivity index (χ0) is 19.2. The minimum atomic E-state index is -0.243. The van der Waals surface area contributed by atoms with Crippen molar-refractivity contribution in [2.24, 2.45) is 0 Å². The summed E-state index contributed by atoms with van der Waals surface area (Å²) >= 11 is 6.42. The highest BCUT2D eigenvalue weighted by atomic mass is 35.5. The van der Waals surface area contributed by atoms with Gasteiger partial charge >= 0.3 is 0 Å². The third-order valence-corrected chi connectivity index (χ3v) is 4.81. The highest BCUT2D eigenvalue weighted by Crippen LogP contribution is 2.28. The van der Waals surface area contributed by atoms with Gasteiger partial charge in [0.15, 0.2) is 11.5 Å². The number of methoxy groups -OCH3 is 2. The molecular weight excluding hydrogens is 368 g/mol. The van der Waals surface area contributed by atoms with Crippen LogP contribution in [0.2, 0.25) is 5.02 Å². The van der Waals surface area contributed by atoms with Gasteiger partial charge in [0.25, 0.3) is 5.91 Å². The largest absolute Gasteiger partial charge is 0.493 e. The number of halogens is 1. The van der Waals surface area contributed by atoms with E-state index < -0.39 is 0 Å². The summed E-state index contributed by atoms with van der Waals surface area (Å²) in [5.74, 6) is 0.835. The van der Waals surface area contributed by atoms with Crippen molar-refractivity contribution >= 4 is 23.2 Å². The van der Waals surface area contributed by atoms with E-state index in [1.165, 1.54) is 7.11 Å². The van der Waals surface area contributed by atoms with Gasteiger partial charge in [-0.3, -0.25) is 9.69 Å². The summed E-state index contributed by atoms with van der Waals surface area (Å²) < 4.78 is 15.8. The summed E-state index contributed by atoms with van der Waals surface area (Å²) in [6.45, 7) is 4.06. The molecule has 1 aliphatic rings. The summed E-state index contributed by atoms with van der Waals surface area (Å²) in [5.41, 5.74) is 2.15. The molecule has 2 aromatic rings. The van der Waals surface area contributed by atoms with Crippen LogP contribution in [0, 0.1) is 0 Å². The number of carbonyl (C=O) groups excluding carboxylic acids is 1. The third kappa shape index (κ3) is 4.91. The number of rotatable bonds is 6. The fraction of sp³-hybridized carbons (Fsp3) is 0.350. The molecule has 1 heterocycles. The van der Waals surface area contributed by atoms with Crippen LogP contribution in [-0.2, 0) is 11.3 Å². The number of nitrogens with one attached hydrogen (secondary N) is 1. The molecule has 0 radical (unpaired) electrons. The van der Waals surface area contributed by atoms with Crippen molar-refractivity contribution in [3.8, 4) is 11.5 Å². The van der Waals surface area contributed by atoms with Crippen LogP contribution in [-0.4, -0.2) is 51.3 Å². The van der Waals surface area contributed by atoms with Gasteiger partial charge < -0.3 is 19.5 Å². The van der Waals surface area contributed by atoms with Crippen molar-refractivity contribution in [1.82, 2.24) is 4.90 Å². The van der Waals surface area contributed by atoms with E-state index in [0.29, 0.717) is 27.8 Å². The lowest BCUT2D eigenvalue weighted by Crippen LogP contribution is -2.35. The SMILES string of the molecule is COc1ccc(C(=O)Nc2ccc(CN3CCOCC3)c(Cl)c2)cc1OC. The molecule has 6 nitrogen and oxygen atoms in total. The molecule has 1 amide bonds. The lowest BCUT2D eigenvalue weighted by Gasteiger charge is -2.27.